The van der Waals surface area contributed by atoms with Crippen molar-refractivity contribution in [1.29, 1.82) is 0 Å². The molecule has 0 aliphatic carbocycles. The van der Waals surface area contributed by atoms with Gasteiger partial charge in [0.15, 0.2) is 0 Å². The lowest BCUT2D eigenvalue weighted by molar-refractivity contribution is -0.130. The summed E-state index contributed by atoms with van der Waals surface area (Å²) in [6, 6.07) is 0.635. The number of hydrogen-bond donors (Lipinski definition) is 1. The van der Waals surface area contributed by atoms with Gasteiger partial charge in [-0.05, 0) is 39.2 Å². The van der Waals surface area contributed by atoms with E-state index < -0.39 is 18.7 Å². The van der Waals surface area contributed by atoms with Gasteiger partial charge in [0, 0.05) is 36.7 Å². The Hall–Kier alpha value is -4.06. The molecule has 0 aliphatic rings. The van der Waals surface area contributed by atoms with Gasteiger partial charge in [-0.25, -0.2) is 14.8 Å². The van der Waals surface area contributed by atoms with Crippen LogP contribution in [-0.4, -0.2) is 69.8 Å². The van der Waals surface area contributed by atoms with Crippen LogP contribution in [0.15, 0.2) is 56.2 Å². The summed E-state index contributed by atoms with van der Waals surface area (Å²) in [6.45, 7) is 8.87. The van der Waals surface area contributed by atoms with E-state index in [1.807, 2.05) is 30.5 Å². The molecule has 1 N–H and O–H groups in total. The first kappa shape index (κ1) is 30.5. The molecule has 3 rings (SSSR count). The van der Waals surface area contributed by atoms with E-state index in [9.17, 15) is 13.6 Å². The standard InChI is InChI=1S/C28H36F2N6O4/c1-6-9-14-39-26-25-31-12-13-35(25)18-23(34-26)21-16-22(32-17-24(21)38-5)19(4)36(8-3)28(37)33-20(10-7-2)11-15-40-27(29)30/h6-7,12-13,16-20,27H,1-2,8-11,14-15H2,3-5H3,(H,33,37)/t19-,20?/m1/s1. The maximum absolute atomic E-state index is 13.2. The van der Waals surface area contributed by atoms with E-state index in [0.717, 1.165) is 0 Å². The molecule has 0 spiro atoms. The topological polar surface area (TPSA) is 103 Å². The van der Waals surface area contributed by atoms with Crippen molar-refractivity contribution in [3.63, 3.8) is 0 Å². The van der Waals surface area contributed by atoms with E-state index >= 15 is 0 Å². The molecule has 2 amide bonds. The quantitative estimate of drug-likeness (QED) is 0.185. The number of fused-ring (bicyclic) bond motifs is 1. The minimum absolute atomic E-state index is 0.185. The van der Waals surface area contributed by atoms with Crippen molar-refractivity contribution >= 4 is 11.7 Å². The van der Waals surface area contributed by atoms with Crippen LogP contribution >= 0.6 is 0 Å². The SMILES string of the molecule is C=CCCOc1nc(-c2cc([C@@H](C)N(CC)C(=O)NC(CC=C)CCOC(F)F)ncc2OC)cn2ccnc12. The Kier molecular flexibility index (Phi) is 11.4. The Labute approximate surface area is 232 Å². The molecule has 12 heteroatoms. The van der Waals surface area contributed by atoms with Crippen LogP contribution in [0.3, 0.4) is 0 Å². The maximum Gasteiger partial charge on any atom is 0.345 e. The number of nitrogens with one attached hydrogen (secondary N) is 1. The van der Waals surface area contributed by atoms with Gasteiger partial charge in [-0.2, -0.15) is 8.78 Å². The van der Waals surface area contributed by atoms with Crippen LogP contribution in [0.5, 0.6) is 11.6 Å². The predicted molar refractivity (Wildman–Crippen MR) is 148 cm³/mol. The summed E-state index contributed by atoms with van der Waals surface area (Å²) in [5.74, 6) is 0.869. The third kappa shape index (κ3) is 7.75. The molecule has 0 saturated heterocycles. The highest BCUT2D eigenvalue weighted by Crippen LogP contribution is 2.33. The van der Waals surface area contributed by atoms with Crippen LogP contribution in [0.2, 0.25) is 0 Å². The number of rotatable bonds is 16. The number of methoxy groups -OCH3 is 1. The third-order valence-corrected chi connectivity index (χ3v) is 6.27. The Bertz CT molecular complexity index is 1280. The van der Waals surface area contributed by atoms with E-state index in [-0.39, 0.29) is 19.1 Å². The van der Waals surface area contributed by atoms with E-state index in [4.69, 9.17) is 14.5 Å². The van der Waals surface area contributed by atoms with Crippen LogP contribution in [0.1, 0.15) is 44.8 Å². The number of pyridine rings is 1. The minimum atomic E-state index is -2.86. The monoisotopic (exact) mass is 558 g/mol. The zero-order valence-corrected chi connectivity index (χ0v) is 23.1. The molecule has 40 heavy (non-hydrogen) atoms. The molecule has 0 aromatic carbocycles. The van der Waals surface area contributed by atoms with Gasteiger partial charge in [0.05, 0.1) is 44.0 Å². The summed E-state index contributed by atoms with van der Waals surface area (Å²) in [4.78, 5) is 28.4. The first-order chi connectivity index (χ1) is 19.3. The summed E-state index contributed by atoms with van der Waals surface area (Å²) in [5.41, 5.74) is 2.42. The molecular formula is C28H36F2N6O4. The summed E-state index contributed by atoms with van der Waals surface area (Å²) in [6.07, 6.45) is 11.5. The number of urea groups is 1. The maximum atomic E-state index is 13.2. The second-order valence-electron chi connectivity index (χ2n) is 8.88. The van der Waals surface area contributed by atoms with Crippen LogP contribution in [0, 0.1) is 0 Å². The number of amides is 2. The van der Waals surface area contributed by atoms with Crippen LogP contribution in [0.25, 0.3) is 16.9 Å². The predicted octanol–water partition coefficient (Wildman–Crippen LogP) is 5.42. The molecular weight excluding hydrogens is 522 g/mol. The van der Waals surface area contributed by atoms with Crippen molar-refractivity contribution in [2.75, 3.05) is 26.9 Å². The lowest BCUT2D eigenvalue weighted by Crippen LogP contribution is -2.46. The fraction of sp³-hybridized carbons (Fsp3) is 0.429. The molecule has 0 bridgehead atoms. The molecule has 3 aromatic rings. The molecule has 10 nitrogen and oxygen atoms in total. The number of carbonyl (C=O) groups is 1. The second kappa shape index (κ2) is 14.9. The van der Waals surface area contributed by atoms with E-state index in [1.54, 1.807) is 42.8 Å². The number of imidazole rings is 1. The third-order valence-electron chi connectivity index (χ3n) is 6.27. The largest absolute Gasteiger partial charge is 0.494 e. The molecule has 1 unspecified atom stereocenters. The Balaban J connectivity index is 1.88. The van der Waals surface area contributed by atoms with Crippen LogP contribution in [-0.2, 0) is 4.74 Å². The van der Waals surface area contributed by atoms with Crippen molar-refractivity contribution in [3.8, 4) is 22.9 Å². The van der Waals surface area contributed by atoms with Gasteiger partial charge >= 0.3 is 12.6 Å². The molecule has 3 aromatic heterocycles. The fourth-order valence-corrected chi connectivity index (χ4v) is 4.18. The van der Waals surface area contributed by atoms with Gasteiger partial charge in [0.1, 0.15) is 5.75 Å². The van der Waals surface area contributed by atoms with Crippen molar-refractivity contribution in [2.24, 2.45) is 0 Å². The summed E-state index contributed by atoms with van der Waals surface area (Å²) < 4.78 is 42.4. The summed E-state index contributed by atoms with van der Waals surface area (Å²) in [5, 5.41) is 2.90. The molecule has 216 valence electrons. The van der Waals surface area contributed by atoms with Crippen LogP contribution < -0.4 is 14.8 Å². The van der Waals surface area contributed by atoms with Crippen molar-refractivity contribution in [3.05, 3.63) is 61.9 Å². The van der Waals surface area contributed by atoms with Crippen molar-refractivity contribution < 1.29 is 27.8 Å². The molecule has 3 heterocycles. The number of alkyl halides is 2. The average Bonchev–Trinajstić information content (AvgIpc) is 3.42. The first-order valence-electron chi connectivity index (χ1n) is 13.0. The normalized spacial score (nSPS) is 12.7. The smallest absolute Gasteiger partial charge is 0.345 e. The number of aromatic nitrogens is 4. The zero-order chi connectivity index (χ0) is 29.1. The Morgan fingerprint density at radius 2 is 2.05 bits per heavy atom. The van der Waals surface area contributed by atoms with Gasteiger partial charge < -0.3 is 28.8 Å². The lowest BCUT2D eigenvalue weighted by atomic mass is 10.1. The van der Waals surface area contributed by atoms with Gasteiger partial charge in [-0.3, -0.25) is 4.98 Å². The average molecular weight is 559 g/mol. The van der Waals surface area contributed by atoms with Crippen molar-refractivity contribution in [1.82, 2.24) is 29.6 Å². The highest BCUT2D eigenvalue weighted by atomic mass is 19.3. The number of carbonyl (C=O) groups excluding carboxylic acids is 1. The Morgan fingerprint density at radius 3 is 2.73 bits per heavy atom. The fourth-order valence-electron chi connectivity index (χ4n) is 4.18. The van der Waals surface area contributed by atoms with Crippen LogP contribution in [0.4, 0.5) is 13.6 Å². The molecule has 0 radical (unpaired) electrons. The van der Waals surface area contributed by atoms with Gasteiger partial charge in [0.25, 0.3) is 5.88 Å². The van der Waals surface area contributed by atoms with E-state index in [1.165, 1.54) is 0 Å². The van der Waals surface area contributed by atoms with E-state index in [2.05, 4.69) is 33.2 Å². The van der Waals surface area contributed by atoms with Gasteiger partial charge in [0.2, 0.25) is 5.65 Å². The lowest BCUT2D eigenvalue weighted by Gasteiger charge is -2.30. The highest BCUT2D eigenvalue weighted by molar-refractivity contribution is 5.75. The number of hydrogen-bond acceptors (Lipinski definition) is 7. The molecule has 0 fully saturated rings. The number of ether oxygens (including phenoxy) is 3. The van der Waals surface area contributed by atoms with Crippen molar-refractivity contribution in [2.45, 2.75) is 51.8 Å². The highest BCUT2D eigenvalue weighted by Gasteiger charge is 2.25. The Morgan fingerprint density at radius 1 is 1.25 bits per heavy atom. The zero-order valence-electron chi connectivity index (χ0n) is 23.1. The number of nitrogens with zero attached hydrogens (tertiary/aromatic N) is 5. The summed E-state index contributed by atoms with van der Waals surface area (Å²) >= 11 is 0. The first-order valence-corrected chi connectivity index (χ1v) is 13.0. The molecule has 0 aliphatic heterocycles. The molecule has 2 atom stereocenters. The summed E-state index contributed by atoms with van der Waals surface area (Å²) in [7, 11) is 1.55. The number of halogens is 2. The second-order valence-corrected chi connectivity index (χ2v) is 8.88. The minimum Gasteiger partial charge on any atom is -0.494 e. The van der Waals surface area contributed by atoms with Gasteiger partial charge in [-0.15, -0.1) is 13.2 Å². The van der Waals surface area contributed by atoms with Gasteiger partial charge in [-0.1, -0.05) is 12.2 Å². The molecule has 0 saturated carbocycles. The van der Waals surface area contributed by atoms with E-state index in [0.29, 0.717) is 60.2 Å².